The molecular formula is C17H17BrO4S. The molecule has 0 N–H and O–H groups in total. The van der Waals surface area contributed by atoms with Crippen LogP contribution in [0.15, 0.2) is 45.8 Å². The Balaban J connectivity index is 1.68. The summed E-state index contributed by atoms with van der Waals surface area (Å²) in [7, 11) is -3.76. The number of hydrogen-bond acceptors (Lipinski definition) is 4. The van der Waals surface area contributed by atoms with Crippen LogP contribution in [0.5, 0.6) is 5.75 Å². The van der Waals surface area contributed by atoms with E-state index in [1.807, 2.05) is 19.9 Å². The van der Waals surface area contributed by atoms with Crippen LogP contribution in [-0.2, 0) is 20.7 Å². The summed E-state index contributed by atoms with van der Waals surface area (Å²) in [6, 6.07) is 10.6. The second-order valence-corrected chi connectivity index (χ2v) is 8.20. The first kappa shape index (κ1) is 16.5. The predicted octanol–water partition coefficient (Wildman–Crippen LogP) is 3.77. The normalized spacial score (nSPS) is 16.9. The van der Waals surface area contributed by atoms with Gasteiger partial charge in [-0.2, -0.15) is 8.42 Å². The zero-order valence-electron chi connectivity index (χ0n) is 12.9. The summed E-state index contributed by atoms with van der Waals surface area (Å²) in [4.78, 5) is 0.163. The van der Waals surface area contributed by atoms with Gasteiger partial charge in [0.15, 0.2) is 0 Å². The van der Waals surface area contributed by atoms with E-state index in [2.05, 4.69) is 22.0 Å². The highest BCUT2D eigenvalue weighted by Gasteiger charge is 2.27. The van der Waals surface area contributed by atoms with Crippen molar-refractivity contribution >= 4 is 26.0 Å². The summed E-state index contributed by atoms with van der Waals surface area (Å²) in [6.45, 7) is 3.91. The van der Waals surface area contributed by atoms with Gasteiger partial charge < -0.3 is 4.74 Å². The fraction of sp³-hybridized carbons (Fsp3) is 0.294. The molecule has 1 unspecified atom stereocenters. The molecule has 2 aromatic rings. The molecule has 0 aromatic heterocycles. The van der Waals surface area contributed by atoms with E-state index in [4.69, 9.17) is 8.92 Å². The van der Waals surface area contributed by atoms with Gasteiger partial charge in [-0.05, 0) is 59.1 Å². The Bertz CT molecular complexity index is 828. The van der Waals surface area contributed by atoms with E-state index in [-0.39, 0.29) is 17.6 Å². The monoisotopic (exact) mass is 396 g/mol. The molecular weight excluding hydrogens is 380 g/mol. The first-order chi connectivity index (χ1) is 10.8. The molecule has 0 spiro atoms. The van der Waals surface area contributed by atoms with E-state index in [0.717, 1.165) is 26.9 Å². The van der Waals surface area contributed by atoms with Crippen LogP contribution in [-0.4, -0.2) is 21.1 Å². The Morgan fingerprint density at radius 3 is 2.57 bits per heavy atom. The van der Waals surface area contributed by atoms with Gasteiger partial charge in [-0.3, -0.25) is 4.18 Å². The summed E-state index contributed by atoms with van der Waals surface area (Å²) in [5, 5.41) is 0. The molecule has 1 atom stereocenters. The number of benzene rings is 2. The Morgan fingerprint density at radius 1 is 1.17 bits per heavy atom. The molecule has 1 aliphatic rings. The number of hydrogen-bond donors (Lipinski definition) is 0. The number of ether oxygens (including phenoxy) is 1. The molecule has 23 heavy (non-hydrogen) atoms. The van der Waals surface area contributed by atoms with Gasteiger partial charge in [-0.1, -0.05) is 23.8 Å². The first-order valence-electron chi connectivity index (χ1n) is 7.27. The largest absolute Gasteiger partial charge is 0.486 e. The number of halogens is 1. The van der Waals surface area contributed by atoms with Crippen molar-refractivity contribution in [3.8, 4) is 5.75 Å². The number of aryl methyl sites for hydroxylation is 2. The average Bonchev–Trinajstić information content (AvgIpc) is 2.89. The number of fused-ring (bicyclic) bond motifs is 1. The van der Waals surface area contributed by atoms with Crippen LogP contribution in [0.2, 0.25) is 0 Å². The maximum absolute atomic E-state index is 12.2. The minimum Gasteiger partial charge on any atom is -0.486 e. The highest BCUT2D eigenvalue weighted by Crippen LogP contribution is 2.37. The summed E-state index contributed by atoms with van der Waals surface area (Å²) < 4.78 is 36.3. The molecule has 0 aliphatic carbocycles. The van der Waals surface area contributed by atoms with E-state index in [1.165, 1.54) is 0 Å². The van der Waals surface area contributed by atoms with Crippen LogP contribution in [0.25, 0.3) is 0 Å². The van der Waals surface area contributed by atoms with Crippen molar-refractivity contribution in [2.75, 3.05) is 6.61 Å². The van der Waals surface area contributed by atoms with Crippen molar-refractivity contribution in [2.24, 2.45) is 0 Å². The molecule has 0 saturated carbocycles. The second-order valence-electron chi connectivity index (χ2n) is 5.73. The maximum atomic E-state index is 12.2. The van der Waals surface area contributed by atoms with Crippen molar-refractivity contribution in [1.82, 2.24) is 0 Å². The molecule has 0 amide bonds. The highest BCUT2D eigenvalue weighted by molar-refractivity contribution is 9.10. The van der Waals surface area contributed by atoms with E-state index in [9.17, 15) is 8.42 Å². The maximum Gasteiger partial charge on any atom is 0.297 e. The Hall–Kier alpha value is -1.37. The standard InChI is InChI=1S/C17H17BrO4S/c1-11-3-5-15(6-4-11)23(19,20)21-10-14-9-13-7-12(2)8-16(18)17(13)22-14/h3-8,14H,9-10H2,1-2H3. The molecule has 0 fully saturated rings. The lowest BCUT2D eigenvalue weighted by molar-refractivity contribution is 0.151. The predicted molar refractivity (Wildman–Crippen MR) is 91.3 cm³/mol. The molecule has 1 heterocycles. The van der Waals surface area contributed by atoms with Crippen LogP contribution in [0.4, 0.5) is 0 Å². The van der Waals surface area contributed by atoms with Crippen LogP contribution < -0.4 is 4.74 Å². The molecule has 0 saturated heterocycles. The fourth-order valence-corrected chi connectivity index (χ4v) is 4.22. The third-order valence-corrected chi connectivity index (χ3v) is 5.60. The van der Waals surface area contributed by atoms with Crippen molar-refractivity contribution < 1.29 is 17.3 Å². The third kappa shape index (κ3) is 3.59. The zero-order valence-corrected chi connectivity index (χ0v) is 15.3. The Labute approximate surface area is 144 Å². The van der Waals surface area contributed by atoms with Crippen LogP contribution in [0.1, 0.15) is 16.7 Å². The zero-order chi connectivity index (χ0) is 16.6. The van der Waals surface area contributed by atoms with Gasteiger partial charge in [0.2, 0.25) is 0 Å². The van der Waals surface area contributed by atoms with Gasteiger partial charge in [0, 0.05) is 6.42 Å². The first-order valence-corrected chi connectivity index (χ1v) is 9.47. The van der Waals surface area contributed by atoms with E-state index >= 15 is 0 Å². The minimum absolute atomic E-state index is 0.00359. The fourth-order valence-electron chi connectivity index (χ4n) is 2.57. The molecule has 6 heteroatoms. The molecule has 0 radical (unpaired) electrons. The second kappa shape index (κ2) is 6.26. The Kier molecular flexibility index (Phi) is 4.49. The minimum atomic E-state index is -3.76. The molecule has 2 aromatic carbocycles. The van der Waals surface area contributed by atoms with Crippen molar-refractivity contribution in [3.05, 3.63) is 57.6 Å². The SMILES string of the molecule is Cc1ccc(S(=O)(=O)OCC2Cc3cc(C)cc(Br)c3O2)cc1. The van der Waals surface area contributed by atoms with E-state index in [0.29, 0.717) is 6.42 Å². The quantitative estimate of drug-likeness (QED) is 0.737. The topological polar surface area (TPSA) is 52.6 Å². The van der Waals surface area contributed by atoms with Gasteiger partial charge in [-0.15, -0.1) is 0 Å². The van der Waals surface area contributed by atoms with E-state index < -0.39 is 10.1 Å². The summed E-state index contributed by atoms with van der Waals surface area (Å²) in [5.74, 6) is 0.775. The molecule has 3 rings (SSSR count). The molecule has 122 valence electrons. The summed E-state index contributed by atoms with van der Waals surface area (Å²) in [6.07, 6.45) is 0.335. The Morgan fingerprint density at radius 2 is 1.87 bits per heavy atom. The van der Waals surface area contributed by atoms with Gasteiger partial charge >= 0.3 is 0 Å². The van der Waals surface area contributed by atoms with Crippen LogP contribution >= 0.6 is 15.9 Å². The van der Waals surface area contributed by atoms with Gasteiger partial charge in [0.05, 0.1) is 9.37 Å². The third-order valence-electron chi connectivity index (χ3n) is 3.72. The summed E-state index contributed by atoms with van der Waals surface area (Å²) >= 11 is 3.48. The lowest BCUT2D eigenvalue weighted by atomic mass is 10.1. The smallest absolute Gasteiger partial charge is 0.297 e. The van der Waals surface area contributed by atoms with Gasteiger partial charge in [-0.25, -0.2) is 0 Å². The number of rotatable bonds is 4. The van der Waals surface area contributed by atoms with Gasteiger partial charge in [0.25, 0.3) is 10.1 Å². The summed E-state index contributed by atoms with van der Waals surface area (Å²) in [5.41, 5.74) is 3.20. The van der Waals surface area contributed by atoms with Crippen molar-refractivity contribution in [2.45, 2.75) is 31.3 Å². The van der Waals surface area contributed by atoms with Crippen LogP contribution in [0, 0.1) is 13.8 Å². The van der Waals surface area contributed by atoms with E-state index in [1.54, 1.807) is 24.3 Å². The van der Waals surface area contributed by atoms with Crippen LogP contribution in [0.3, 0.4) is 0 Å². The highest BCUT2D eigenvalue weighted by atomic mass is 79.9. The molecule has 1 aliphatic heterocycles. The molecule has 0 bridgehead atoms. The molecule has 4 nitrogen and oxygen atoms in total. The average molecular weight is 397 g/mol. The van der Waals surface area contributed by atoms with Gasteiger partial charge in [0.1, 0.15) is 18.5 Å². The van der Waals surface area contributed by atoms with Crippen molar-refractivity contribution in [1.29, 1.82) is 0 Å². The lowest BCUT2D eigenvalue weighted by Gasteiger charge is -2.12. The van der Waals surface area contributed by atoms with Crippen molar-refractivity contribution in [3.63, 3.8) is 0 Å². The lowest BCUT2D eigenvalue weighted by Crippen LogP contribution is -2.23.